The van der Waals surface area contributed by atoms with Crippen LogP contribution in [0, 0.1) is 0 Å². The van der Waals surface area contributed by atoms with E-state index in [2.05, 4.69) is 15.0 Å². The van der Waals surface area contributed by atoms with Crippen LogP contribution in [0.15, 0.2) is 5.16 Å². The predicted molar refractivity (Wildman–Crippen MR) is 78.1 cm³/mol. The SMILES string of the molecule is CCC(SC1=NOC(C)(C)C1)c1c(OC(F)F)n[nH]c1C(F)(F)F. The van der Waals surface area contributed by atoms with Crippen LogP contribution in [-0.4, -0.2) is 27.5 Å². The summed E-state index contributed by atoms with van der Waals surface area (Å²) in [4.78, 5) is 5.18. The van der Waals surface area contributed by atoms with Crippen LogP contribution in [0.4, 0.5) is 22.0 Å². The standard InChI is InChI=1S/C13H16F5N3O2S/c1-4-6(24-7-5-12(2,3)23-21-7)8-9(13(16,17)18)19-20-10(8)22-11(14)15/h6,11H,4-5H2,1-3H3,(H,19,20). The second-order valence-corrected chi connectivity index (χ2v) is 7.00. The van der Waals surface area contributed by atoms with Gasteiger partial charge in [-0.05, 0) is 20.3 Å². The second-order valence-electron chi connectivity index (χ2n) is 5.72. The molecule has 0 radical (unpaired) electrons. The molecule has 5 nitrogen and oxygen atoms in total. The van der Waals surface area contributed by atoms with E-state index >= 15 is 0 Å². The van der Waals surface area contributed by atoms with Crippen molar-refractivity contribution in [1.29, 1.82) is 0 Å². The largest absolute Gasteiger partial charge is 0.433 e. The van der Waals surface area contributed by atoms with Crippen molar-refractivity contribution in [2.24, 2.45) is 5.16 Å². The molecule has 24 heavy (non-hydrogen) atoms. The van der Waals surface area contributed by atoms with Crippen molar-refractivity contribution in [3.8, 4) is 5.88 Å². The van der Waals surface area contributed by atoms with E-state index in [0.29, 0.717) is 11.5 Å². The highest BCUT2D eigenvalue weighted by Gasteiger charge is 2.41. The normalized spacial score (nSPS) is 18.5. The van der Waals surface area contributed by atoms with E-state index in [1.165, 1.54) is 0 Å². The van der Waals surface area contributed by atoms with Gasteiger partial charge < -0.3 is 9.57 Å². The zero-order valence-corrected chi connectivity index (χ0v) is 13.9. The Morgan fingerprint density at radius 3 is 2.50 bits per heavy atom. The molecule has 0 saturated heterocycles. The molecule has 1 atom stereocenters. The zero-order valence-electron chi connectivity index (χ0n) is 13.1. The summed E-state index contributed by atoms with van der Waals surface area (Å²) in [5, 5.41) is 8.54. The number of ether oxygens (including phenoxy) is 1. The summed E-state index contributed by atoms with van der Waals surface area (Å²) in [7, 11) is 0. The topological polar surface area (TPSA) is 59.5 Å². The maximum Gasteiger partial charge on any atom is 0.433 e. The molecule has 0 aliphatic carbocycles. The monoisotopic (exact) mass is 373 g/mol. The van der Waals surface area contributed by atoms with Crippen LogP contribution in [0.3, 0.4) is 0 Å². The molecule has 0 spiro atoms. The molecule has 2 heterocycles. The molecule has 1 aliphatic heterocycles. The molecule has 1 N–H and O–H groups in total. The Kier molecular flexibility index (Phi) is 5.31. The third-order valence-electron chi connectivity index (χ3n) is 3.20. The Morgan fingerprint density at radius 1 is 1.38 bits per heavy atom. The van der Waals surface area contributed by atoms with Crippen molar-refractivity contribution in [3.05, 3.63) is 11.3 Å². The summed E-state index contributed by atoms with van der Waals surface area (Å²) >= 11 is 1.02. The number of rotatable bonds is 5. The van der Waals surface area contributed by atoms with Crippen molar-refractivity contribution in [2.75, 3.05) is 0 Å². The number of nitrogens with zero attached hydrogens (tertiary/aromatic N) is 2. The molecule has 1 aromatic heterocycles. The van der Waals surface area contributed by atoms with Crippen molar-refractivity contribution in [1.82, 2.24) is 10.2 Å². The Hall–Kier alpha value is -1.52. The molecule has 1 aliphatic rings. The minimum Gasteiger partial charge on any atom is -0.415 e. The lowest BCUT2D eigenvalue weighted by Gasteiger charge is -2.18. The molecule has 0 fully saturated rings. The quantitative estimate of drug-likeness (QED) is 0.759. The Bertz CT molecular complexity index is 615. The van der Waals surface area contributed by atoms with Crippen LogP contribution in [-0.2, 0) is 11.0 Å². The third kappa shape index (κ3) is 4.31. The minimum atomic E-state index is -4.77. The van der Waals surface area contributed by atoms with Gasteiger partial charge in [0, 0.05) is 11.7 Å². The Balaban J connectivity index is 2.33. The number of hydrogen-bond donors (Lipinski definition) is 1. The maximum absolute atomic E-state index is 13.2. The van der Waals surface area contributed by atoms with E-state index in [-0.39, 0.29) is 6.42 Å². The molecular formula is C13H16F5N3O2S. The fourth-order valence-corrected chi connectivity index (χ4v) is 3.54. The summed E-state index contributed by atoms with van der Waals surface area (Å²) < 4.78 is 68.6. The summed E-state index contributed by atoms with van der Waals surface area (Å²) in [6.07, 6.45) is -4.13. The van der Waals surface area contributed by atoms with Crippen LogP contribution in [0.5, 0.6) is 5.88 Å². The zero-order chi connectivity index (χ0) is 18.1. The lowest BCUT2D eigenvalue weighted by atomic mass is 10.1. The van der Waals surface area contributed by atoms with Gasteiger partial charge in [-0.25, -0.2) is 0 Å². The van der Waals surface area contributed by atoms with Gasteiger partial charge in [-0.2, -0.15) is 22.0 Å². The van der Waals surface area contributed by atoms with Gasteiger partial charge in [-0.3, -0.25) is 5.10 Å². The molecule has 0 saturated carbocycles. The first kappa shape index (κ1) is 18.8. The highest BCUT2D eigenvalue weighted by atomic mass is 32.2. The van der Waals surface area contributed by atoms with Gasteiger partial charge in [0.1, 0.15) is 16.3 Å². The van der Waals surface area contributed by atoms with E-state index in [9.17, 15) is 22.0 Å². The summed E-state index contributed by atoms with van der Waals surface area (Å²) in [5.74, 6) is -0.754. The smallest absolute Gasteiger partial charge is 0.415 e. The van der Waals surface area contributed by atoms with Crippen LogP contribution in [0.25, 0.3) is 0 Å². The number of alkyl halides is 5. The summed E-state index contributed by atoms with van der Waals surface area (Å²) in [6.45, 7) is 1.94. The number of H-pyrrole nitrogens is 1. The molecule has 0 amide bonds. The summed E-state index contributed by atoms with van der Waals surface area (Å²) in [6, 6.07) is 0. The predicted octanol–water partition coefficient (Wildman–Crippen LogP) is 4.73. The Morgan fingerprint density at radius 2 is 2.04 bits per heavy atom. The highest BCUT2D eigenvalue weighted by Crippen LogP contribution is 2.46. The average molecular weight is 373 g/mol. The van der Waals surface area contributed by atoms with Gasteiger partial charge in [0.2, 0.25) is 5.88 Å². The van der Waals surface area contributed by atoms with Crippen molar-refractivity contribution < 1.29 is 31.5 Å². The van der Waals surface area contributed by atoms with E-state index in [1.807, 2.05) is 0 Å². The minimum absolute atomic E-state index is 0.228. The maximum atomic E-state index is 13.2. The van der Waals surface area contributed by atoms with Gasteiger partial charge in [0.15, 0.2) is 0 Å². The number of aromatic amines is 1. The average Bonchev–Trinajstić information content (AvgIpc) is 2.98. The highest BCUT2D eigenvalue weighted by molar-refractivity contribution is 8.14. The number of nitrogens with one attached hydrogen (secondary N) is 1. The lowest BCUT2D eigenvalue weighted by Crippen LogP contribution is -2.18. The van der Waals surface area contributed by atoms with Gasteiger partial charge in [0.25, 0.3) is 0 Å². The Labute approximate surface area is 138 Å². The van der Waals surface area contributed by atoms with E-state index in [1.54, 1.807) is 25.9 Å². The van der Waals surface area contributed by atoms with Crippen LogP contribution in [0.2, 0.25) is 0 Å². The first-order valence-electron chi connectivity index (χ1n) is 7.05. The number of aromatic nitrogens is 2. The molecule has 2 rings (SSSR count). The van der Waals surface area contributed by atoms with Crippen LogP contribution in [0.1, 0.15) is 50.1 Å². The lowest BCUT2D eigenvalue weighted by molar-refractivity contribution is -0.141. The first-order valence-corrected chi connectivity index (χ1v) is 7.93. The van der Waals surface area contributed by atoms with E-state index in [4.69, 9.17) is 4.84 Å². The van der Waals surface area contributed by atoms with E-state index < -0.39 is 40.8 Å². The van der Waals surface area contributed by atoms with Gasteiger partial charge in [-0.15, -0.1) is 5.10 Å². The second kappa shape index (κ2) is 6.77. The summed E-state index contributed by atoms with van der Waals surface area (Å²) in [5.41, 5.74) is -2.19. The molecule has 1 aromatic rings. The fourth-order valence-electron chi connectivity index (χ4n) is 2.20. The van der Waals surface area contributed by atoms with Crippen molar-refractivity contribution in [2.45, 2.75) is 57.3 Å². The van der Waals surface area contributed by atoms with Gasteiger partial charge in [-0.1, -0.05) is 23.8 Å². The van der Waals surface area contributed by atoms with E-state index in [0.717, 1.165) is 11.8 Å². The number of halogens is 5. The molecule has 1 unspecified atom stereocenters. The first-order chi connectivity index (χ1) is 11.0. The van der Waals surface area contributed by atoms with Gasteiger partial charge >= 0.3 is 12.8 Å². The van der Waals surface area contributed by atoms with Crippen LogP contribution >= 0.6 is 11.8 Å². The van der Waals surface area contributed by atoms with Crippen molar-refractivity contribution >= 4 is 16.8 Å². The fraction of sp³-hybridized carbons (Fsp3) is 0.692. The molecule has 0 aromatic carbocycles. The number of thioether (sulfide) groups is 1. The molecule has 136 valence electrons. The number of oxime groups is 1. The third-order valence-corrected chi connectivity index (χ3v) is 4.54. The molecule has 0 bridgehead atoms. The molecule has 11 heteroatoms. The van der Waals surface area contributed by atoms with Crippen molar-refractivity contribution in [3.63, 3.8) is 0 Å². The van der Waals surface area contributed by atoms with Crippen LogP contribution < -0.4 is 4.74 Å². The number of hydrogen-bond acceptors (Lipinski definition) is 5. The van der Waals surface area contributed by atoms with Gasteiger partial charge in [0.05, 0.1) is 5.56 Å². The molecular weight excluding hydrogens is 357 g/mol.